The van der Waals surface area contributed by atoms with Gasteiger partial charge >= 0.3 is 0 Å². The quantitative estimate of drug-likeness (QED) is 0.663. The number of nitrogens with one attached hydrogen (secondary N) is 1. The summed E-state index contributed by atoms with van der Waals surface area (Å²) in [5.74, 6) is 0.420. The molecule has 0 unspecified atom stereocenters. The van der Waals surface area contributed by atoms with Gasteiger partial charge in [0.05, 0.1) is 0 Å². The molecule has 1 N–H and O–H groups in total. The molecule has 3 rings (SSSR count). The second kappa shape index (κ2) is 8.60. The number of rotatable bonds is 7. The minimum absolute atomic E-state index is 0.172. The predicted molar refractivity (Wildman–Crippen MR) is 97.0 cm³/mol. The normalized spacial score (nSPS) is 10.6. The van der Waals surface area contributed by atoms with Crippen molar-refractivity contribution in [3.8, 4) is 5.75 Å². The van der Waals surface area contributed by atoms with Crippen LogP contribution in [0.4, 0.5) is 4.39 Å². The van der Waals surface area contributed by atoms with Gasteiger partial charge in [-0.1, -0.05) is 29.8 Å². The Morgan fingerprint density at radius 1 is 0.960 bits per heavy atom. The summed E-state index contributed by atoms with van der Waals surface area (Å²) in [4.78, 5) is 4.00. The summed E-state index contributed by atoms with van der Waals surface area (Å²) in [6, 6.07) is 16.0. The first kappa shape index (κ1) is 17.4. The van der Waals surface area contributed by atoms with E-state index >= 15 is 0 Å². The number of benzene rings is 2. The van der Waals surface area contributed by atoms with Gasteiger partial charge in [-0.05, 0) is 42.0 Å². The molecular weight excluding hydrogens is 339 g/mol. The molecule has 0 spiro atoms. The Balaban J connectivity index is 1.64. The van der Waals surface area contributed by atoms with E-state index in [1.807, 2.05) is 24.3 Å². The summed E-state index contributed by atoms with van der Waals surface area (Å²) < 4.78 is 19.5. The number of hydrogen-bond donors (Lipinski definition) is 1. The molecule has 0 bridgehead atoms. The Hall–Kier alpha value is -2.43. The van der Waals surface area contributed by atoms with Gasteiger partial charge in [0.1, 0.15) is 18.2 Å². The zero-order valence-electron chi connectivity index (χ0n) is 13.6. The predicted octanol–water partition coefficient (Wildman–Crippen LogP) is 4.74. The smallest absolute Gasteiger partial charge is 0.129 e. The third kappa shape index (κ3) is 5.02. The van der Waals surface area contributed by atoms with E-state index in [9.17, 15) is 4.39 Å². The van der Waals surface area contributed by atoms with Crippen LogP contribution in [0.2, 0.25) is 5.02 Å². The fourth-order valence-corrected chi connectivity index (χ4v) is 2.63. The maximum atomic E-state index is 13.7. The van der Waals surface area contributed by atoms with Crippen molar-refractivity contribution in [1.82, 2.24) is 10.3 Å². The van der Waals surface area contributed by atoms with Crippen molar-refractivity contribution in [1.29, 1.82) is 0 Å². The highest BCUT2D eigenvalue weighted by atomic mass is 35.5. The van der Waals surface area contributed by atoms with Gasteiger partial charge in [-0.3, -0.25) is 4.98 Å². The van der Waals surface area contributed by atoms with Crippen LogP contribution in [0.3, 0.4) is 0 Å². The van der Waals surface area contributed by atoms with Crippen LogP contribution in [-0.2, 0) is 19.7 Å². The fraction of sp³-hybridized carbons (Fsp3) is 0.150. The second-order valence-corrected chi connectivity index (χ2v) is 6.03. The molecular formula is C20H18ClFN2O. The highest BCUT2D eigenvalue weighted by molar-refractivity contribution is 6.30. The molecule has 3 nitrogen and oxygen atoms in total. The summed E-state index contributed by atoms with van der Waals surface area (Å²) in [6.07, 6.45) is 3.53. The van der Waals surface area contributed by atoms with Crippen LogP contribution in [0.1, 0.15) is 16.7 Å². The largest absolute Gasteiger partial charge is 0.488 e. The SMILES string of the molecule is Fc1ccccc1COc1ccc(Cl)cc1CNCc1ccncc1. The van der Waals surface area contributed by atoms with Crippen molar-refractivity contribution in [3.63, 3.8) is 0 Å². The molecule has 1 aromatic heterocycles. The van der Waals surface area contributed by atoms with E-state index in [4.69, 9.17) is 16.3 Å². The van der Waals surface area contributed by atoms with E-state index in [0.717, 1.165) is 11.1 Å². The van der Waals surface area contributed by atoms with Gasteiger partial charge in [0.2, 0.25) is 0 Å². The highest BCUT2D eigenvalue weighted by Crippen LogP contribution is 2.24. The first-order valence-electron chi connectivity index (χ1n) is 7.96. The molecule has 3 aromatic rings. The Labute approximate surface area is 151 Å². The second-order valence-electron chi connectivity index (χ2n) is 5.59. The molecule has 0 aliphatic heterocycles. The molecule has 0 radical (unpaired) electrons. The van der Waals surface area contributed by atoms with Crippen molar-refractivity contribution >= 4 is 11.6 Å². The summed E-state index contributed by atoms with van der Waals surface area (Å²) in [5, 5.41) is 3.99. The van der Waals surface area contributed by atoms with Gasteiger partial charge < -0.3 is 10.1 Å². The lowest BCUT2D eigenvalue weighted by Crippen LogP contribution is -2.13. The third-order valence-corrected chi connectivity index (χ3v) is 3.99. The van der Waals surface area contributed by atoms with Crippen molar-refractivity contribution in [2.24, 2.45) is 0 Å². The zero-order valence-corrected chi connectivity index (χ0v) is 14.3. The average molecular weight is 357 g/mol. The Bertz CT molecular complexity index is 827. The van der Waals surface area contributed by atoms with Crippen molar-refractivity contribution in [2.75, 3.05) is 0 Å². The molecule has 0 amide bonds. The Kier molecular flexibility index (Phi) is 5.99. The van der Waals surface area contributed by atoms with E-state index in [1.165, 1.54) is 6.07 Å². The number of pyridine rings is 1. The van der Waals surface area contributed by atoms with Crippen molar-refractivity contribution < 1.29 is 9.13 Å². The summed E-state index contributed by atoms with van der Waals surface area (Å²) in [6.45, 7) is 1.48. The van der Waals surface area contributed by atoms with Crippen molar-refractivity contribution in [3.05, 3.63) is 94.5 Å². The van der Waals surface area contributed by atoms with Crippen LogP contribution < -0.4 is 10.1 Å². The van der Waals surface area contributed by atoms with E-state index in [-0.39, 0.29) is 12.4 Å². The molecule has 128 valence electrons. The van der Waals surface area contributed by atoms with Gasteiger partial charge in [0, 0.05) is 41.6 Å². The van der Waals surface area contributed by atoms with Gasteiger partial charge in [0.25, 0.3) is 0 Å². The number of aromatic nitrogens is 1. The summed E-state index contributed by atoms with van der Waals surface area (Å²) in [7, 11) is 0. The number of hydrogen-bond acceptors (Lipinski definition) is 3. The van der Waals surface area contributed by atoms with Gasteiger partial charge in [-0.25, -0.2) is 4.39 Å². The minimum atomic E-state index is -0.270. The lowest BCUT2D eigenvalue weighted by atomic mass is 10.2. The first-order valence-corrected chi connectivity index (χ1v) is 8.34. The van der Waals surface area contributed by atoms with Crippen LogP contribution in [0.15, 0.2) is 67.0 Å². The number of ether oxygens (including phenoxy) is 1. The summed E-state index contributed by atoms with van der Waals surface area (Å²) >= 11 is 6.10. The first-order chi connectivity index (χ1) is 12.2. The van der Waals surface area contributed by atoms with Gasteiger partial charge in [0.15, 0.2) is 0 Å². The molecule has 0 fully saturated rings. The third-order valence-electron chi connectivity index (χ3n) is 3.76. The van der Waals surface area contributed by atoms with Gasteiger partial charge in [-0.15, -0.1) is 0 Å². The molecule has 0 saturated heterocycles. The topological polar surface area (TPSA) is 34.1 Å². The molecule has 1 heterocycles. The highest BCUT2D eigenvalue weighted by Gasteiger charge is 2.07. The van der Waals surface area contributed by atoms with E-state index in [0.29, 0.717) is 29.4 Å². The number of halogens is 2. The summed E-state index contributed by atoms with van der Waals surface area (Å²) in [5.41, 5.74) is 2.59. The zero-order chi connectivity index (χ0) is 17.5. The van der Waals surface area contributed by atoms with Crippen LogP contribution in [-0.4, -0.2) is 4.98 Å². The van der Waals surface area contributed by atoms with Gasteiger partial charge in [-0.2, -0.15) is 0 Å². The van der Waals surface area contributed by atoms with Crippen molar-refractivity contribution in [2.45, 2.75) is 19.7 Å². The maximum absolute atomic E-state index is 13.7. The minimum Gasteiger partial charge on any atom is -0.488 e. The van der Waals surface area contributed by atoms with Crippen LogP contribution >= 0.6 is 11.6 Å². The Morgan fingerprint density at radius 2 is 1.76 bits per heavy atom. The van der Waals surface area contributed by atoms with Crippen LogP contribution in [0.5, 0.6) is 5.75 Å². The monoisotopic (exact) mass is 356 g/mol. The molecule has 2 aromatic carbocycles. The molecule has 0 aliphatic carbocycles. The molecule has 0 atom stereocenters. The number of nitrogens with zero attached hydrogens (tertiary/aromatic N) is 1. The Morgan fingerprint density at radius 3 is 2.56 bits per heavy atom. The lowest BCUT2D eigenvalue weighted by molar-refractivity contribution is 0.296. The van der Waals surface area contributed by atoms with Crippen LogP contribution in [0, 0.1) is 5.82 Å². The van der Waals surface area contributed by atoms with Crippen LogP contribution in [0.25, 0.3) is 0 Å². The molecule has 5 heteroatoms. The fourth-order valence-electron chi connectivity index (χ4n) is 2.44. The molecule has 0 saturated carbocycles. The average Bonchev–Trinajstić information content (AvgIpc) is 2.63. The molecule has 25 heavy (non-hydrogen) atoms. The van der Waals surface area contributed by atoms with E-state index < -0.39 is 0 Å². The van der Waals surface area contributed by atoms with E-state index in [2.05, 4.69) is 10.3 Å². The van der Waals surface area contributed by atoms with E-state index in [1.54, 1.807) is 36.7 Å². The lowest BCUT2D eigenvalue weighted by Gasteiger charge is -2.13. The standard InChI is InChI=1S/C20H18ClFN2O/c21-18-5-6-20(25-14-16-3-1-2-4-19(16)22)17(11-18)13-24-12-15-7-9-23-10-8-15/h1-11,24H,12-14H2. The molecule has 0 aliphatic rings. The maximum Gasteiger partial charge on any atom is 0.129 e.